The van der Waals surface area contributed by atoms with E-state index in [2.05, 4.69) is 19.4 Å². The van der Waals surface area contributed by atoms with Gasteiger partial charge in [-0.05, 0) is 48.4 Å². The maximum absolute atomic E-state index is 14.1. The number of nitrogens with zero attached hydrogens (tertiary/aromatic N) is 3. The number of hydrogen-bond donors (Lipinski definition) is 1. The number of non-ortho nitro benzene ring substituents is 1. The lowest BCUT2D eigenvalue weighted by molar-refractivity contribution is -0.385. The standard InChI is InChI=1S/C29H22F6N4O5S/c30-28(31,32)25-10-2-1-9-23(25)26-24(19-6-3-5-17(13-19)18-11-12-21(14-18)44-29(33,34)35)16-36-27(37-26)38-45(42,43)22-8-4-7-20(15-22)39(40)41/h1-10,13,15-16,18,21H,11-12,14H2,(H,36,37,38)/t18-,21?/m0/s1. The first kappa shape index (κ1) is 31.8. The van der Waals surface area contributed by atoms with Crippen LogP contribution in [0.3, 0.4) is 0 Å². The number of aromatic nitrogens is 2. The van der Waals surface area contributed by atoms with Gasteiger partial charge in [0.2, 0.25) is 5.95 Å². The van der Waals surface area contributed by atoms with Crippen LogP contribution in [0.4, 0.5) is 38.0 Å². The van der Waals surface area contributed by atoms with Gasteiger partial charge in [-0.2, -0.15) is 13.2 Å². The Morgan fingerprint density at radius 2 is 1.64 bits per heavy atom. The van der Waals surface area contributed by atoms with E-state index in [1.54, 1.807) is 24.3 Å². The molecule has 5 rings (SSSR count). The molecule has 16 heteroatoms. The van der Waals surface area contributed by atoms with Gasteiger partial charge >= 0.3 is 12.5 Å². The topological polar surface area (TPSA) is 124 Å². The number of nitro groups is 1. The van der Waals surface area contributed by atoms with Gasteiger partial charge in [0, 0.05) is 29.5 Å². The Balaban J connectivity index is 1.57. The number of nitro benzene ring substituents is 1. The Hall–Kier alpha value is -4.57. The summed E-state index contributed by atoms with van der Waals surface area (Å²) in [5.74, 6) is -0.915. The number of anilines is 1. The largest absolute Gasteiger partial charge is 0.522 e. The van der Waals surface area contributed by atoms with E-state index in [9.17, 15) is 44.9 Å². The second-order valence-corrected chi connectivity index (χ2v) is 11.9. The molecule has 1 N–H and O–H groups in total. The second-order valence-electron chi connectivity index (χ2n) is 10.2. The van der Waals surface area contributed by atoms with Crippen molar-refractivity contribution < 1.29 is 44.4 Å². The highest BCUT2D eigenvalue weighted by Gasteiger charge is 2.38. The second kappa shape index (κ2) is 12.1. The van der Waals surface area contributed by atoms with E-state index in [4.69, 9.17) is 0 Å². The molecule has 4 aromatic rings. The van der Waals surface area contributed by atoms with Crippen LogP contribution in [0.15, 0.2) is 83.9 Å². The van der Waals surface area contributed by atoms with E-state index in [0.29, 0.717) is 17.5 Å². The Morgan fingerprint density at radius 3 is 2.36 bits per heavy atom. The van der Waals surface area contributed by atoms with Crippen LogP contribution in [0, 0.1) is 10.1 Å². The van der Waals surface area contributed by atoms with Crippen molar-refractivity contribution in [1.29, 1.82) is 0 Å². The number of benzene rings is 3. The molecule has 0 aliphatic heterocycles. The third kappa shape index (κ3) is 7.39. The van der Waals surface area contributed by atoms with Crippen molar-refractivity contribution in [1.82, 2.24) is 9.97 Å². The summed E-state index contributed by atoms with van der Waals surface area (Å²) < 4.78 is 113. The van der Waals surface area contributed by atoms with Crippen LogP contribution in [0.5, 0.6) is 0 Å². The summed E-state index contributed by atoms with van der Waals surface area (Å²) in [7, 11) is -4.51. The van der Waals surface area contributed by atoms with Crippen LogP contribution < -0.4 is 4.72 Å². The number of sulfonamides is 1. The molecule has 0 bridgehead atoms. The molecule has 9 nitrogen and oxygen atoms in total. The zero-order chi connectivity index (χ0) is 32.6. The molecule has 0 amide bonds. The van der Waals surface area contributed by atoms with Crippen LogP contribution in [0.1, 0.15) is 36.3 Å². The number of alkyl halides is 6. The van der Waals surface area contributed by atoms with Gasteiger partial charge in [-0.15, -0.1) is 13.2 Å². The molecule has 236 valence electrons. The highest BCUT2D eigenvalue weighted by Crippen LogP contribution is 2.42. The van der Waals surface area contributed by atoms with Crippen LogP contribution in [0.2, 0.25) is 0 Å². The highest BCUT2D eigenvalue weighted by molar-refractivity contribution is 7.92. The van der Waals surface area contributed by atoms with Crippen molar-refractivity contribution in [2.24, 2.45) is 0 Å². The summed E-state index contributed by atoms with van der Waals surface area (Å²) in [6, 6.07) is 15.1. The first-order chi connectivity index (χ1) is 21.1. The molecule has 1 aromatic heterocycles. The number of hydrogen-bond acceptors (Lipinski definition) is 7. The van der Waals surface area contributed by atoms with Crippen LogP contribution in [0.25, 0.3) is 22.4 Å². The molecule has 0 spiro atoms. The van der Waals surface area contributed by atoms with Crippen molar-refractivity contribution in [2.45, 2.75) is 48.7 Å². The molecule has 1 saturated carbocycles. The zero-order valence-electron chi connectivity index (χ0n) is 22.8. The first-order valence-electron chi connectivity index (χ1n) is 13.3. The van der Waals surface area contributed by atoms with Crippen molar-refractivity contribution in [3.63, 3.8) is 0 Å². The Kier molecular flexibility index (Phi) is 8.55. The molecule has 3 aromatic carbocycles. The average molecular weight is 653 g/mol. The van der Waals surface area contributed by atoms with Gasteiger partial charge in [0.05, 0.1) is 27.2 Å². The van der Waals surface area contributed by atoms with Gasteiger partial charge in [-0.3, -0.25) is 14.9 Å². The Bertz CT molecular complexity index is 1850. The molecule has 2 atom stereocenters. The molecule has 1 aliphatic rings. The third-order valence-corrected chi connectivity index (χ3v) is 8.52. The van der Waals surface area contributed by atoms with E-state index in [0.717, 1.165) is 42.6 Å². The van der Waals surface area contributed by atoms with Crippen LogP contribution in [-0.2, 0) is 20.9 Å². The van der Waals surface area contributed by atoms with E-state index >= 15 is 0 Å². The SMILES string of the molecule is O=[N+]([O-])c1cccc(S(=O)(=O)Nc2ncc(-c3cccc([C@H]4CCC(OC(F)(F)F)C4)c3)c(-c3ccccc3C(F)(F)F)n2)c1. The highest BCUT2D eigenvalue weighted by atomic mass is 32.2. The minimum absolute atomic E-state index is 0.0849. The fourth-order valence-corrected chi connectivity index (χ4v) is 6.22. The predicted octanol–water partition coefficient (Wildman–Crippen LogP) is 7.71. The molecule has 1 unspecified atom stereocenters. The number of nitrogens with one attached hydrogen (secondary N) is 1. The average Bonchev–Trinajstić information content (AvgIpc) is 3.43. The maximum Gasteiger partial charge on any atom is 0.522 e. The van der Waals surface area contributed by atoms with Gasteiger partial charge in [0.15, 0.2) is 0 Å². The molecular weight excluding hydrogens is 630 g/mol. The smallest absolute Gasteiger partial charge is 0.289 e. The summed E-state index contributed by atoms with van der Waals surface area (Å²) in [5, 5.41) is 11.1. The fraction of sp³-hybridized carbons (Fsp3) is 0.241. The zero-order valence-corrected chi connectivity index (χ0v) is 23.7. The van der Waals surface area contributed by atoms with Crippen LogP contribution >= 0.6 is 0 Å². The molecule has 1 fully saturated rings. The lowest BCUT2D eigenvalue weighted by Crippen LogP contribution is -2.21. The third-order valence-electron chi connectivity index (χ3n) is 7.19. The van der Waals surface area contributed by atoms with Gasteiger partial charge in [0.1, 0.15) is 0 Å². The van der Waals surface area contributed by atoms with Gasteiger partial charge in [-0.25, -0.2) is 23.1 Å². The van der Waals surface area contributed by atoms with E-state index in [-0.39, 0.29) is 35.6 Å². The van der Waals surface area contributed by atoms with Crippen molar-refractivity contribution in [2.75, 3.05) is 4.72 Å². The first-order valence-corrected chi connectivity index (χ1v) is 14.7. The van der Waals surface area contributed by atoms with E-state index in [1.165, 1.54) is 12.1 Å². The fourth-order valence-electron chi connectivity index (χ4n) is 5.23. The quantitative estimate of drug-likeness (QED) is 0.117. The predicted molar refractivity (Wildman–Crippen MR) is 149 cm³/mol. The lowest BCUT2D eigenvalue weighted by atomic mass is 9.92. The molecule has 1 heterocycles. The number of ether oxygens (including phenoxy) is 1. The van der Waals surface area contributed by atoms with Crippen molar-refractivity contribution in [3.8, 4) is 22.4 Å². The van der Waals surface area contributed by atoms with E-state index < -0.39 is 55.7 Å². The molecule has 0 radical (unpaired) electrons. The molecular formula is C29H22F6N4O5S. The lowest BCUT2D eigenvalue weighted by Gasteiger charge is -2.18. The molecule has 45 heavy (non-hydrogen) atoms. The van der Waals surface area contributed by atoms with Crippen molar-refractivity contribution in [3.05, 3.63) is 100 Å². The summed E-state index contributed by atoms with van der Waals surface area (Å²) in [6.07, 6.45) is -8.86. The Labute approximate surface area is 252 Å². The minimum atomic E-state index is -4.82. The molecule has 1 aliphatic carbocycles. The maximum atomic E-state index is 14.1. The Morgan fingerprint density at radius 1 is 0.911 bits per heavy atom. The van der Waals surface area contributed by atoms with Gasteiger partial charge < -0.3 is 0 Å². The van der Waals surface area contributed by atoms with Crippen molar-refractivity contribution >= 4 is 21.7 Å². The van der Waals surface area contributed by atoms with Gasteiger partial charge in [0.25, 0.3) is 15.7 Å². The molecule has 0 saturated heterocycles. The van der Waals surface area contributed by atoms with Gasteiger partial charge in [-0.1, -0.05) is 48.5 Å². The van der Waals surface area contributed by atoms with E-state index in [1.807, 2.05) is 0 Å². The summed E-state index contributed by atoms with van der Waals surface area (Å²) >= 11 is 0. The summed E-state index contributed by atoms with van der Waals surface area (Å²) in [6.45, 7) is 0. The van der Waals surface area contributed by atoms with Crippen LogP contribution in [-0.4, -0.2) is 35.8 Å². The minimum Gasteiger partial charge on any atom is -0.289 e. The number of halogens is 6. The summed E-state index contributed by atoms with van der Waals surface area (Å²) in [4.78, 5) is 18.0. The number of rotatable bonds is 8. The summed E-state index contributed by atoms with van der Waals surface area (Å²) in [5.41, 5.74) is -1.17. The normalized spacial score (nSPS) is 17.3. The monoisotopic (exact) mass is 652 g/mol.